The van der Waals surface area contributed by atoms with Gasteiger partial charge in [-0.25, -0.2) is 0 Å². The third-order valence-electron chi connectivity index (χ3n) is 1.70. The van der Waals surface area contributed by atoms with Crippen molar-refractivity contribution in [3.63, 3.8) is 0 Å². The predicted molar refractivity (Wildman–Crippen MR) is 30.8 cm³/mol. The average Bonchev–Trinajstić information content (AvgIpc) is 1.62. The molecule has 0 saturated carbocycles. The first-order valence-electron chi connectivity index (χ1n) is 2.95. The Labute approximate surface area is 49.8 Å². The SMILES string of the molecule is CO[C@@H](C)C1COC1. The Hall–Kier alpha value is -0.0800. The van der Waals surface area contributed by atoms with Gasteiger partial charge in [0.2, 0.25) is 0 Å². The summed E-state index contributed by atoms with van der Waals surface area (Å²) >= 11 is 0. The lowest BCUT2D eigenvalue weighted by Gasteiger charge is -2.30. The highest BCUT2D eigenvalue weighted by Gasteiger charge is 2.24. The molecule has 1 heterocycles. The van der Waals surface area contributed by atoms with Crippen molar-refractivity contribution in [1.82, 2.24) is 0 Å². The monoisotopic (exact) mass is 116 g/mol. The molecule has 0 radical (unpaired) electrons. The lowest BCUT2D eigenvalue weighted by Crippen LogP contribution is -2.37. The van der Waals surface area contributed by atoms with Crippen LogP contribution in [0, 0.1) is 5.92 Å². The van der Waals surface area contributed by atoms with Gasteiger partial charge >= 0.3 is 0 Å². The maximum Gasteiger partial charge on any atom is 0.0615 e. The lowest BCUT2D eigenvalue weighted by molar-refractivity contribution is -0.0964. The summed E-state index contributed by atoms with van der Waals surface area (Å²) in [7, 11) is 1.74. The zero-order valence-electron chi connectivity index (χ0n) is 5.39. The molecule has 0 amide bonds. The van der Waals surface area contributed by atoms with Crippen molar-refractivity contribution in [2.45, 2.75) is 13.0 Å². The summed E-state index contributed by atoms with van der Waals surface area (Å²) in [6.45, 7) is 3.84. The van der Waals surface area contributed by atoms with E-state index in [0.717, 1.165) is 13.2 Å². The van der Waals surface area contributed by atoms with Crippen molar-refractivity contribution >= 4 is 0 Å². The Morgan fingerprint density at radius 1 is 1.62 bits per heavy atom. The third kappa shape index (κ3) is 1.01. The molecule has 0 aromatic carbocycles. The third-order valence-corrected chi connectivity index (χ3v) is 1.70. The maximum absolute atomic E-state index is 5.07. The lowest BCUT2D eigenvalue weighted by atomic mass is 10.0. The van der Waals surface area contributed by atoms with E-state index >= 15 is 0 Å². The topological polar surface area (TPSA) is 18.5 Å². The van der Waals surface area contributed by atoms with E-state index in [1.54, 1.807) is 7.11 Å². The molecule has 1 aliphatic rings. The van der Waals surface area contributed by atoms with Crippen LogP contribution in [0.4, 0.5) is 0 Å². The number of ether oxygens (including phenoxy) is 2. The van der Waals surface area contributed by atoms with Crippen LogP contribution in [0.3, 0.4) is 0 Å². The summed E-state index contributed by atoms with van der Waals surface area (Å²) in [4.78, 5) is 0. The fraction of sp³-hybridized carbons (Fsp3) is 1.00. The van der Waals surface area contributed by atoms with Crippen LogP contribution >= 0.6 is 0 Å². The highest BCUT2D eigenvalue weighted by atomic mass is 16.5. The number of rotatable bonds is 2. The molecule has 0 aromatic rings. The molecule has 1 aliphatic heterocycles. The van der Waals surface area contributed by atoms with E-state index in [9.17, 15) is 0 Å². The molecular weight excluding hydrogens is 104 g/mol. The summed E-state index contributed by atoms with van der Waals surface area (Å²) in [6.07, 6.45) is 0.378. The molecule has 1 rings (SSSR count). The number of hydrogen-bond donors (Lipinski definition) is 0. The molecule has 1 atom stereocenters. The Morgan fingerprint density at radius 2 is 2.25 bits per heavy atom. The van der Waals surface area contributed by atoms with Crippen LogP contribution in [0.25, 0.3) is 0 Å². The van der Waals surface area contributed by atoms with Gasteiger partial charge in [-0.05, 0) is 6.92 Å². The molecule has 0 N–H and O–H groups in total. The maximum atomic E-state index is 5.07. The first-order chi connectivity index (χ1) is 3.84. The summed E-state index contributed by atoms with van der Waals surface area (Å²) in [5.41, 5.74) is 0. The Kier molecular flexibility index (Phi) is 1.86. The molecule has 8 heavy (non-hydrogen) atoms. The number of hydrogen-bond acceptors (Lipinski definition) is 2. The molecule has 1 saturated heterocycles. The Morgan fingerprint density at radius 3 is 2.38 bits per heavy atom. The molecular formula is C6H12O2. The molecule has 2 heteroatoms. The molecule has 48 valence electrons. The summed E-state index contributed by atoms with van der Waals surface area (Å²) in [5, 5.41) is 0. The van der Waals surface area contributed by atoms with Crippen LogP contribution in [0.15, 0.2) is 0 Å². The molecule has 0 aliphatic carbocycles. The average molecular weight is 116 g/mol. The van der Waals surface area contributed by atoms with Gasteiger partial charge in [0.25, 0.3) is 0 Å². The Balaban J connectivity index is 2.13. The van der Waals surface area contributed by atoms with Crippen LogP contribution in [0.1, 0.15) is 6.92 Å². The smallest absolute Gasteiger partial charge is 0.0615 e. The van der Waals surface area contributed by atoms with Crippen LogP contribution in [0.2, 0.25) is 0 Å². The zero-order chi connectivity index (χ0) is 5.98. The van der Waals surface area contributed by atoms with Crippen molar-refractivity contribution in [3.05, 3.63) is 0 Å². The minimum absolute atomic E-state index is 0.378. The van der Waals surface area contributed by atoms with Gasteiger partial charge in [-0.2, -0.15) is 0 Å². The number of methoxy groups -OCH3 is 1. The van der Waals surface area contributed by atoms with Crippen molar-refractivity contribution in [1.29, 1.82) is 0 Å². The fourth-order valence-corrected chi connectivity index (χ4v) is 0.717. The molecule has 1 fully saturated rings. The van der Waals surface area contributed by atoms with Gasteiger partial charge in [-0.3, -0.25) is 0 Å². The molecule has 0 bridgehead atoms. The summed E-state index contributed by atoms with van der Waals surface area (Å²) in [6, 6.07) is 0. The van der Waals surface area contributed by atoms with Crippen LogP contribution < -0.4 is 0 Å². The van der Waals surface area contributed by atoms with E-state index in [2.05, 4.69) is 6.92 Å². The first kappa shape index (κ1) is 6.05. The normalized spacial score (nSPS) is 24.8. The molecule has 0 aromatic heterocycles. The van der Waals surface area contributed by atoms with E-state index in [-0.39, 0.29) is 0 Å². The van der Waals surface area contributed by atoms with Gasteiger partial charge < -0.3 is 9.47 Å². The van der Waals surface area contributed by atoms with Crippen LogP contribution in [-0.2, 0) is 9.47 Å². The van der Waals surface area contributed by atoms with Crippen LogP contribution in [0.5, 0.6) is 0 Å². The predicted octanol–water partition coefficient (Wildman–Crippen LogP) is 0.668. The van der Waals surface area contributed by atoms with Gasteiger partial charge in [-0.15, -0.1) is 0 Å². The van der Waals surface area contributed by atoms with Gasteiger partial charge in [0.1, 0.15) is 0 Å². The second-order valence-corrected chi connectivity index (χ2v) is 2.24. The van der Waals surface area contributed by atoms with Gasteiger partial charge in [0.15, 0.2) is 0 Å². The molecule has 0 spiro atoms. The van der Waals surface area contributed by atoms with E-state index in [4.69, 9.17) is 9.47 Å². The highest BCUT2D eigenvalue weighted by Crippen LogP contribution is 2.15. The minimum atomic E-state index is 0.378. The fourth-order valence-electron chi connectivity index (χ4n) is 0.717. The van der Waals surface area contributed by atoms with Gasteiger partial charge in [-0.1, -0.05) is 0 Å². The van der Waals surface area contributed by atoms with E-state index in [0.29, 0.717) is 12.0 Å². The van der Waals surface area contributed by atoms with E-state index in [1.807, 2.05) is 0 Å². The first-order valence-corrected chi connectivity index (χ1v) is 2.95. The van der Waals surface area contributed by atoms with Gasteiger partial charge in [0.05, 0.1) is 19.3 Å². The van der Waals surface area contributed by atoms with Gasteiger partial charge in [0, 0.05) is 13.0 Å². The summed E-state index contributed by atoms with van der Waals surface area (Å²) < 4.78 is 10.1. The van der Waals surface area contributed by atoms with Crippen molar-refractivity contribution in [2.24, 2.45) is 5.92 Å². The summed E-state index contributed by atoms with van der Waals surface area (Å²) in [5.74, 6) is 0.653. The minimum Gasteiger partial charge on any atom is -0.381 e. The van der Waals surface area contributed by atoms with Crippen LogP contribution in [-0.4, -0.2) is 26.4 Å². The van der Waals surface area contributed by atoms with Crippen molar-refractivity contribution < 1.29 is 9.47 Å². The molecule has 2 nitrogen and oxygen atoms in total. The largest absolute Gasteiger partial charge is 0.381 e. The van der Waals surface area contributed by atoms with Crippen molar-refractivity contribution in [3.8, 4) is 0 Å². The highest BCUT2D eigenvalue weighted by molar-refractivity contribution is 4.71. The quantitative estimate of drug-likeness (QED) is 0.528. The van der Waals surface area contributed by atoms with E-state index in [1.165, 1.54) is 0 Å². The standard InChI is InChI=1S/C6H12O2/c1-5(7-2)6-3-8-4-6/h5-6H,3-4H2,1-2H3/t5-/m0/s1. The van der Waals surface area contributed by atoms with E-state index < -0.39 is 0 Å². The second kappa shape index (κ2) is 2.46. The zero-order valence-corrected chi connectivity index (χ0v) is 5.39. The molecule has 0 unspecified atom stereocenters. The Bertz CT molecular complexity index is 66.2. The van der Waals surface area contributed by atoms with Crippen molar-refractivity contribution in [2.75, 3.05) is 20.3 Å². The second-order valence-electron chi connectivity index (χ2n) is 2.24.